The predicted molar refractivity (Wildman–Crippen MR) is 97.1 cm³/mol. The van der Waals surface area contributed by atoms with Crippen molar-refractivity contribution in [1.82, 2.24) is 0 Å². The van der Waals surface area contributed by atoms with Crippen molar-refractivity contribution in [2.75, 3.05) is 20.8 Å². The van der Waals surface area contributed by atoms with Gasteiger partial charge in [-0.25, -0.2) is 0 Å². The molecule has 0 radical (unpaired) electrons. The third-order valence-corrected chi connectivity index (χ3v) is 9.64. The van der Waals surface area contributed by atoms with Gasteiger partial charge in [-0.2, -0.15) is 0 Å². The van der Waals surface area contributed by atoms with Crippen LogP contribution in [0.2, 0.25) is 0 Å². The van der Waals surface area contributed by atoms with Crippen molar-refractivity contribution < 1.29 is 14.2 Å². The normalized spacial score (nSPS) is 53.0. The molecule has 0 amide bonds. The molecule has 1 aliphatic heterocycles. The van der Waals surface area contributed by atoms with Crippen LogP contribution in [0.5, 0.6) is 0 Å². The van der Waals surface area contributed by atoms with Gasteiger partial charge in [-0.05, 0) is 61.7 Å². The van der Waals surface area contributed by atoms with E-state index in [0.717, 1.165) is 37.2 Å². The van der Waals surface area contributed by atoms with Gasteiger partial charge in [-0.15, -0.1) is 0 Å². The molecule has 5 rings (SSSR count). The third-order valence-electron chi connectivity index (χ3n) is 9.64. The molecule has 6 atom stereocenters. The molecule has 3 saturated carbocycles. The van der Waals surface area contributed by atoms with E-state index in [-0.39, 0.29) is 11.4 Å². The molecule has 4 fully saturated rings. The second kappa shape index (κ2) is 5.11. The summed E-state index contributed by atoms with van der Waals surface area (Å²) < 4.78 is 17.6. The van der Waals surface area contributed by atoms with E-state index in [1.165, 1.54) is 38.5 Å². The fourth-order valence-electron chi connectivity index (χ4n) is 7.69. The average Bonchev–Trinajstić information content (AvgIpc) is 3.35. The fraction of sp³-hybridized carbons (Fsp3) is 0.909. The molecule has 0 aromatic carbocycles. The molecule has 1 spiro atoms. The summed E-state index contributed by atoms with van der Waals surface area (Å²) in [6.45, 7) is 6.13. The second-order valence-corrected chi connectivity index (χ2v) is 10.0. The number of hydrogen-bond acceptors (Lipinski definition) is 3. The number of epoxide rings is 1. The van der Waals surface area contributed by atoms with Gasteiger partial charge >= 0.3 is 0 Å². The SMILES string of the molecule is COC1(OC)CC[C@]2(C)C(=CC[C@H]3[C@H]2CC[C@]2(C)[C@@H]3CC[C@@]23CO3)C1. The van der Waals surface area contributed by atoms with Crippen molar-refractivity contribution in [2.24, 2.45) is 28.6 Å². The number of allylic oxidation sites excluding steroid dienone is 1. The topological polar surface area (TPSA) is 31.0 Å². The molecule has 0 aromatic heterocycles. The first-order valence-corrected chi connectivity index (χ1v) is 10.4. The Bertz CT molecular complexity index is 602. The molecule has 140 valence electrons. The zero-order valence-electron chi connectivity index (χ0n) is 16.4. The summed E-state index contributed by atoms with van der Waals surface area (Å²) in [7, 11) is 3.61. The molecule has 0 unspecified atom stereocenters. The van der Waals surface area contributed by atoms with E-state index in [9.17, 15) is 0 Å². The molecule has 3 heteroatoms. The lowest BCUT2D eigenvalue weighted by Gasteiger charge is -2.59. The quantitative estimate of drug-likeness (QED) is 0.412. The van der Waals surface area contributed by atoms with Crippen molar-refractivity contribution in [3.8, 4) is 0 Å². The lowest BCUT2D eigenvalue weighted by atomic mass is 9.47. The largest absolute Gasteiger partial charge is 0.369 e. The Morgan fingerprint density at radius 3 is 2.40 bits per heavy atom. The Morgan fingerprint density at radius 1 is 1.00 bits per heavy atom. The van der Waals surface area contributed by atoms with Gasteiger partial charge in [0.05, 0.1) is 12.2 Å². The highest BCUT2D eigenvalue weighted by Crippen LogP contribution is 2.70. The van der Waals surface area contributed by atoms with Gasteiger partial charge in [-0.3, -0.25) is 0 Å². The monoisotopic (exact) mass is 346 g/mol. The van der Waals surface area contributed by atoms with E-state index < -0.39 is 0 Å². The number of fused-ring (bicyclic) bond motifs is 6. The maximum absolute atomic E-state index is 6.05. The Hall–Kier alpha value is -0.380. The highest BCUT2D eigenvalue weighted by Gasteiger charge is 2.69. The first kappa shape index (κ1) is 16.8. The van der Waals surface area contributed by atoms with E-state index in [1.807, 2.05) is 0 Å². The van der Waals surface area contributed by atoms with Crippen molar-refractivity contribution in [1.29, 1.82) is 0 Å². The van der Waals surface area contributed by atoms with Crippen LogP contribution in [0.4, 0.5) is 0 Å². The zero-order chi connectivity index (χ0) is 17.5. The minimum atomic E-state index is -0.388. The van der Waals surface area contributed by atoms with Crippen LogP contribution in [0.3, 0.4) is 0 Å². The molecule has 0 aromatic rings. The van der Waals surface area contributed by atoms with E-state index in [0.29, 0.717) is 10.8 Å². The minimum absolute atomic E-state index is 0.265. The molecule has 4 aliphatic carbocycles. The van der Waals surface area contributed by atoms with Gasteiger partial charge in [0.1, 0.15) is 0 Å². The molecule has 1 saturated heterocycles. The van der Waals surface area contributed by atoms with E-state index in [1.54, 1.807) is 19.8 Å². The number of ether oxygens (including phenoxy) is 3. The first-order valence-electron chi connectivity index (χ1n) is 10.4. The summed E-state index contributed by atoms with van der Waals surface area (Å²) in [4.78, 5) is 0. The smallest absolute Gasteiger partial charge is 0.171 e. The molecular formula is C22H34O3. The van der Waals surface area contributed by atoms with Crippen LogP contribution in [-0.2, 0) is 14.2 Å². The van der Waals surface area contributed by atoms with Gasteiger partial charge < -0.3 is 14.2 Å². The van der Waals surface area contributed by atoms with E-state index in [2.05, 4.69) is 19.9 Å². The third kappa shape index (κ3) is 1.98. The Morgan fingerprint density at radius 2 is 1.72 bits per heavy atom. The highest BCUT2D eigenvalue weighted by atomic mass is 16.7. The molecule has 0 bridgehead atoms. The maximum atomic E-state index is 6.05. The zero-order valence-corrected chi connectivity index (χ0v) is 16.4. The second-order valence-electron chi connectivity index (χ2n) is 10.0. The summed E-state index contributed by atoms with van der Waals surface area (Å²) >= 11 is 0. The maximum Gasteiger partial charge on any atom is 0.171 e. The lowest BCUT2D eigenvalue weighted by molar-refractivity contribution is -0.227. The molecular weight excluding hydrogens is 312 g/mol. The van der Waals surface area contributed by atoms with Gasteiger partial charge in [-0.1, -0.05) is 25.5 Å². The minimum Gasteiger partial charge on any atom is -0.369 e. The van der Waals surface area contributed by atoms with Crippen LogP contribution in [0.15, 0.2) is 11.6 Å². The van der Waals surface area contributed by atoms with Gasteiger partial charge in [0.2, 0.25) is 0 Å². The number of hydrogen-bond donors (Lipinski definition) is 0. The summed E-state index contributed by atoms with van der Waals surface area (Å²) in [5.74, 6) is 2.17. The van der Waals surface area contributed by atoms with E-state index in [4.69, 9.17) is 14.2 Å². The van der Waals surface area contributed by atoms with Gasteiger partial charge in [0, 0.05) is 32.5 Å². The highest BCUT2D eigenvalue weighted by molar-refractivity contribution is 5.28. The fourth-order valence-corrected chi connectivity index (χ4v) is 7.69. The molecule has 3 nitrogen and oxygen atoms in total. The van der Waals surface area contributed by atoms with Crippen molar-refractivity contribution in [3.05, 3.63) is 11.6 Å². The van der Waals surface area contributed by atoms with Crippen LogP contribution >= 0.6 is 0 Å². The number of rotatable bonds is 2. The molecule has 25 heavy (non-hydrogen) atoms. The summed E-state index contributed by atoms with van der Waals surface area (Å²) in [6, 6.07) is 0. The molecule has 0 N–H and O–H groups in total. The average molecular weight is 347 g/mol. The standard InChI is InChI=1S/C22H34O3/c1-19-11-12-22(23-3,24-4)13-15(19)5-6-16-17(19)7-9-20(2)18(16)8-10-21(20)14-25-21/h5,16-18H,6-14H2,1-4H3/t16-,17+,18+,19+,20+,21+/m0/s1. The van der Waals surface area contributed by atoms with Crippen LogP contribution < -0.4 is 0 Å². The Labute approximate surface area is 152 Å². The van der Waals surface area contributed by atoms with Gasteiger partial charge in [0.15, 0.2) is 5.79 Å². The van der Waals surface area contributed by atoms with Crippen LogP contribution in [0.1, 0.15) is 65.2 Å². The number of methoxy groups -OCH3 is 2. The summed E-state index contributed by atoms with van der Waals surface area (Å²) in [5.41, 5.74) is 2.67. The first-order chi connectivity index (χ1) is 11.9. The van der Waals surface area contributed by atoms with Crippen molar-refractivity contribution >= 4 is 0 Å². The van der Waals surface area contributed by atoms with E-state index >= 15 is 0 Å². The van der Waals surface area contributed by atoms with Crippen molar-refractivity contribution in [2.45, 2.75) is 76.6 Å². The van der Waals surface area contributed by atoms with Gasteiger partial charge in [0.25, 0.3) is 0 Å². The molecule has 1 heterocycles. The predicted octanol–water partition coefficient (Wildman–Crippen LogP) is 4.71. The summed E-state index contributed by atoms with van der Waals surface area (Å²) in [5, 5.41) is 0. The van der Waals surface area contributed by atoms with Crippen LogP contribution in [0.25, 0.3) is 0 Å². The Kier molecular flexibility index (Phi) is 3.43. The van der Waals surface area contributed by atoms with Crippen LogP contribution in [-0.4, -0.2) is 32.2 Å². The van der Waals surface area contributed by atoms with Crippen LogP contribution in [0, 0.1) is 28.6 Å². The molecule has 5 aliphatic rings. The Balaban J connectivity index is 1.47. The van der Waals surface area contributed by atoms with Crippen molar-refractivity contribution in [3.63, 3.8) is 0 Å². The lowest BCUT2D eigenvalue weighted by Crippen LogP contribution is -2.53. The summed E-state index contributed by atoms with van der Waals surface area (Å²) in [6.07, 6.45) is 12.4.